The Hall–Kier alpha value is -2.80. The van der Waals surface area contributed by atoms with Gasteiger partial charge in [0.2, 0.25) is 0 Å². The number of amides is 1. The first-order valence-corrected chi connectivity index (χ1v) is 10.2. The van der Waals surface area contributed by atoms with Crippen LogP contribution in [0, 0.1) is 5.82 Å². The van der Waals surface area contributed by atoms with Crippen molar-refractivity contribution in [2.75, 3.05) is 5.32 Å². The van der Waals surface area contributed by atoms with E-state index in [1.807, 2.05) is 6.92 Å². The molecule has 29 heavy (non-hydrogen) atoms. The highest BCUT2D eigenvalue weighted by Gasteiger charge is 2.38. The molecule has 0 saturated heterocycles. The van der Waals surface area contributed by atoms with Crippen molar-refractivity contribution in [2.45, 2.75) is 32.1 Å². The number of hydrogen-bond acceptors (Lipinski definition) is 4. The van der Waals surface area contributed by atoms with E-state index in [9.17, 15) is 14.0 Å². The van der Waals surface area contributed by atoms with Crippen LogP contribution in [-0.4, -0.2) is 16.7 Å². The van der Waals surface area contributed by atoms with Gasteiger partial charge >= 0.3 is 0 Å². The summed E-state index contributed by atoms with van der Waals surface area (Å²) in [5, 5.41) is 6.08. The first kappa shape index (κ1) is 19.5. The number of anilines is 1. The maximum atomic E-state index is 13.5. The van der Waals surface area contributed by atoms with E-state index >= 15 is 0 Å². The Balaban J connectivity index is 1.77. The highest BCUT2D eigenvalue weighted by Crippen LogP contribution is 2.42. The van der Waals surface area contributed by atoms with Gasteiger partial charge in [-0.25, -0.2) is 9.37 Å². The van der Waals surface area contributed by atoms with Crippen LogP contribution < -0.4 is 10.6 Å². The number of carbonyl (C=O) groups is 2. The zero-order chi connectivity index (χ0) is 20.5. The molecule has 0 bridgehead atoms. The molecule has 1 atom stereocenters. The van der Waals surface area contributed by atoms with Gasteiger partial charge in [-0.05, 0) is 65.5 Å². The van der Waals surface area contributed by atoms with Gasteiger partial charge in [-0.1, -0.05) is 12.1 Å². The van der Waals surface area contributed by atoms with Gasteiger partial charge in [0.05, 0.1) is 0 Å². The molecule has 4 rings (SSSR count). The lowest BCUT2D eigenvalue weighted by Crippen LogP contribution is -2.35. The average molecular weight is 456 g/mol. The van der Waals surface area contributed by atoms with E-state index in [4.69, 9.17) is 0 Å². The number of carbonyl (C=O) groups excluding carboxylic acids is 2. The Morgan fingerprint density at radius 1 is 1.21 bits per heavy atom. The number of nitrogens with one attached hydrogen (secondary N) is 2. The summed E-state index contributed by atoms with van der Waals surface area (Å²) in [6.45, 7) is 1.82. The Kier molecular flexibility index (Phi) is 5.32. The first-order valence-electron chi connectivity index (χ1n) is 9.36. The number of aromatic nitrogens is 1. The summed E-state index contributed by atoms with van der Waals surface area (Å²) in [5.41, 5.74) is 3.29. The maximum Gasteiger partial charge on any atom is 0.255 e. The van der Waals surface area contributed by atoms with E-state index in [2.05, 4.69) is 31.5 Å². The minimum Gasteiger partial charge on any atom is -0.362 e. The maximum absolute atomic E-state index is 13.5. The monoisotopic (exact) mass is 455 g/mol. The van der Waals surface area contributed by atoms with Crippen molar-refractivity contribution >= 4 is 33.4 Å². The van der Waals surface area contributed by atoms with Crippen LogP contribution in [0.1, 0.15) is 37.7 Å². The van der Waals surface area contributed by atoms with Crippen LogP contribution in [-0.2, 0) is 9.59 Å². The highest BCUT2D eigenvalue weighted by atomic mass is 79.9. The normalized spacial score (nSPS) is 19.0. The van der Waals surface area contributed by atoms with E-state index in [0.29, 0.717) is 34.6 Å². The number of pyridine rings is 1. The van der Waals surface area contributed by atoms with Crippen LogP contribution in [0.5, 0.6) is 0 Å². The molecule has 0 unspecified atom stereocenters. The van der Waals surface area contributed by atoms with E-state index in [-0.39, 0.29) is 17.5 Å². The van der Waals surface area contributed by atoms with Crippen LogP contribution >= 0.6 is 15.9 Å². The number of rotatable bonds is 3. The predicted octanol–water partition coefficient (Wildman–Crippen LogP) is 4.59. The third-order valence-electron chi connectivity index (χ3n) is 5.19. The minimum absolute atomic E-state index is 0.0210. The Morgan fingerprint density at radius 2 is 1.97 bits per heavy atom. The van der Waals surface area contributed by atoms with Gasteiger partial charge in [-0.2, -0.15) is 0 Å². The lowest BCUT2D eigenvalue weighted by atomic mass is 9.75. The van der Waals surface area contributed by atoms with Crippen LogP contribution in [0.2, 0.25) is 0 Å². The summed E-state index contributed by atoms with van der Waals surface area (Å²) in [6.07, 6.45) is 3.57. The first-order chi connectivity index (χ1) is 13.9. The molecule has 0 fully saturated rings. The van der Waals surface area contributed by atoms with Crippen molar-refractivity contribution in [1.29, 1.82) is 0 Å². The van der Waals surface area contributed by atoms with Crippen molar-refractivity contribution in [2.24, 2.45) is 0 Å². The molecule has 1 aromatic carbocycles. The van der Waals surface area contributed by atoms with Crippen LogP contribution in [0.3, 0.4) is 0 Å². The summed E-state index contributed by atoms with van der Waals surface area (Å²) in [6, 6.07) is 9.45. The van der Waals surface area contributed by atoms with Gasteiger partial charge in [-0.3, -0.25) is 9.59 Å². The molecule has 1 aliphatic carbocycles. The van der Waals surface area contributed by atoms with E-state index in [1.54, 1.807) is 30.5 Å². The molecule has 2 aliphatic rings. The van der Waals surface area contributed by atoms with Gasteiger partial charge in [-0.15, -0.1) is 0 Å². The summed E-state index contributed by atoms with van der Waals surface area (Å²) < 4.78 is 14.3. The predicted molar refractivity (Wildman–Crippen MR) is 111 cm³/mol. The number of hydrogen-bond donors (Lipinski definition) is 2. The van der Waals surface area contributed by atoms with Crippen molar-refractivity contribution in [1.82, 2.24) is 10.3 Å². The minimum atomic E-state index is -0.546. The molecule has 0 spiro atoms. The third kappa shape index (κ3) is 3.87. The highest BCUT2D eigenvalue weighted by molar-refractivity contribution is 9.10. The van der Waals surface area contributed by atoms with Crippen LogP contribution in [0.25, 0.3) is 0 Å². The lowest BCUT2D eigenvalue weighted by molar-refractivity contribution is -0.116. The van der Waals surface area contributed by atoms with E-state index < -0.39 is 5.92 Å². The van der Waals surface area contributed by atoms with Crippen molar-refractivity contribution in [3.05, 3.63) is 81.0 Å². The molecule has 1 amide bonds. The lowest BCUT2D eigenvalue weighted by Gasteiger charge is -2.34. The number of dihydropyridines is 1. The number of nitrogens with zero attached hydrogens (tertiary/aromatic N) is 1. The van der Waals surface area contributed by atoms with Crippen molar-refractivity contribution < 1.29 is 14.0 Å². The number of halogens is 2. The fourth-order valence-electron chi connectivity index (χ4n) is 3.91. The van der Waals surface area contributed by atoms with Gasteiger partial charge in [0.25, 0.3) is 5.91 Å². The summed E-state index contributed by atoms with van der Waals surface area (Å²) >= 11 is 3.32. The second-order valence-corrected chi connectivity index (χ2v) is 8.05. The van der Waals surface area contributed by atoms with E-state index in [1.165, 1.54) is 12.1 Å². The molecule has 2 aromatic rings. The molecular formula is C22H19BrFN3O2. The Bertz CT molecular complexity index is 1040. The summed E-state index contributed by atoms with van der Waals surface area (Å²) in [4.78, 5) is 30.2. The van der Waals surface area contributed by atoms with Crippen molar-refractivity contribution in [3.63, 3.8) is 0 Å². The zero-order valence-electron chi connectivity index (χ0n) is 15.8. The van der Waals surface area contributed by atoms with Gasteiger partial charge < -0.3 is 10.6 Å². The summed E-state index contributed by atoms with van der Waals surface area (Å²) in [7, 11) is 0. The second kappa shape index (κ2) is 7.91. The number of Topliss-reactive ketones (excluding diaryl/α,β-unsaturated/α-hetero) is 1. The van der Waals surface area contributed by atoms with E-state index in [0.717, 1.165) is 23.0 Å². The van der Waals surface area contributed by atoms with Gasteiger partial charge in [0.15, 0.2) is 5.78 Å². The molecule has 2 heterocycles. The number of allylic oxidation sites excluding steroid dienone is 3. The standard InChI is InChI=1S/C22H19BrFN3O2/c1-12-19(22(29)27-18-10-7-14(23)11-25-18)20(13-5-8-15(24)9-6-13)21-16(26-12)3-2-4-17(21)28/h5-11,20,26H,2-4H2,1H3,(H,25,27,29)/t20-/m1/s1. The molecule has 0 saturated carbocycles. The molecular weight excluding hydrogens is 437 g/mol. The quantitative estimate of drug-likeness (QED) is 0.709. The summed E-state index contributed by atoms with van der Waals surface area (Å²) in [5.74, 6) is -0.824. The fourth-order valence-corrected chi connectivity index (χ4v) is 4.14. The van der Waals surface area contributed by atoms with Gasteiger partial charge in [0, 0.05) is 45.5 Å². The average Bonchev–Trinajstić information content (AvgIpc) is 2.69. The molecule has 148 valence electrons. The molecule has 1 aliphatic heterocycles. The number of ketones is 1. The van der Waals surface area contributed by atoms with Crippen LogP contribution in [0.15, 0.2) is 69.6 Å². The molecule has 1 aromatic heterocycles. The molecule has 0 radical (unpaired) electrons. The molecule has 5 nitrogen and oxygen atoms in total. The molecule has 7 heteroatoms. The Morgan fingerprint density at radius 3 is 2.66 bits per heavy atom. The SMILES string of the molecule is CC1=C(C(=O)Nc2ccc(Br)cn2)[C@@H](c2ccc(F)cc2)C2=C(CCCC2=O)N1. The van der Waals surface area contributed by atoms with Gasteiger partial charge in [0.1, 0.15) is 11.6 Å². The largest absolute Gasteiger partial charge is 0.362 e. The zero-order valence-corrected chi connectivity index (χ0v) is 17.3. The Labute approximate surface area is 176 Å². The van der Waals surface area contributed by atoms with Crippen molar-refractivity contribution in [3.8, 4) is 0 Å². The smallest absolute Gasteiger partial charge is 0.255 e. The van der Waals surface area contributed by atoms with Crippen LogP contribution in [0.4, 0.5) is 10.2 Å². The number of benzene rings is 1. The third-order valence-corrected chi connectivity index (χ3v) is 5.66. The second-order valence-electron chi connectivity index (χ2n) is 7.13. The molecule has 2 N–H and O–H groups in total. The fraction of sp³-hybridized carbons (Fsp3) is 0.227. The topological polar surface area (TPSA) is 71.1 Å².